The molecule has 0 spiro atoms. The maximum atomic E-state index is 12.7. The Balaban J connectivity index is 1.69. The molecule has 3 rings (SSSR count). The van der Waals surface area contributed by atoms with E-state index in [9.17, 15) is 4.79 Å². The van der Waals surface area contributed by atoms with Crippen molar-refractivity contribution in [2.24, 2.45) is 7.05 Å². The van der Waals surface area contributed by atoms with Crippen LogP contribution in [0.4, 0.5) is 0 Å². The van der Waals surface area contributed by atoms with Gasteiger partial charge in [0, 0.05) is 39.1 Å². The Morgan fingerprint density at radius 1 is 1.42 bits per heavy atom. The minimum absolute atomic E-state index is 0.00975. The molecule has 2 heterocycles. The monoisotopic (exact) mass is 328 g/mol. The maximum Gasteiger partial charge on any atom is 0.261 e. The molecule has 6 nitrogen and oxygen atoms in total. The first-order valence-corrected chi connectivity index (χ1v) is 8.23. The molecule has 1 aliphatic heterocycles. The molecule has 1 amide bonds. The van der Waals surface area contributed by atoms with Crippen molar-refractivity contribution in [2.45, 2.75) is 19.9 Å². The van der Waals surface area contributed by atoms with Crippen LogP contribution in [0.2, 0.25) is 0 Å². The van der Waals surface area contributed by atoms with Gasteiger partial charge in [-0.3, -0.25) is 4.79 Å². The molecular formula is C18H24N4O2. The molecular weight excluding hydrogens is 304 g/mol. The van der Waals surface area contributed by atoms with Crippen molar-refractivity contribution in [3.8, 4) is 5.75 Å². The fourth-order valence-corrected chi connectivity index (χ4v) is 3.12. The molecule has 0 aliphatic carbocycles. The fourth-order valence-electron chi connectivity index (χ4n) is 3.12. The summed E-state index contributed by atoms with van der Waals surface area (Å²) in [6.07, 6.45) is 3.66. The second-order valence-electron chi connectivity index (χ2n) is 6.26. The van der Waals surface area contributed by atoms with E-state index >= 15 is 0 Å². The lowest BCUT2D eigenvalue weighted by atomic mass is 10.1. The number of hydrogen-bond acceptors (Lipinski definition) is 4. The Morgan fingerprint density at radius 3 is 2.96 bits per heavy atom. The third-order valence-electron chi connectivity index (χ3n) is 4.40. The van der Waals surface area contributed by atoms with E-state index in [0.29, 0.717) is 13.1 Å². The van der Waals surface area contributed by atoms with Crippen LogP contribution < -0.4 is 10.1 Å². The van der Waals surface area contributed by atoms with Crippen molar-refractivity contribution in [3.63, 3.8) is 0 Å². The van der Waals surface area contributed by atoms with Crippen LogP contribution in [0.15, 0.2) is 30.6 Å². The summed E-state index contributed by atoms with van der Waals surface area (Å²) >= 11 is 0. The molecule has 24 heavy (non-hydrogen) atoms. The number of aromatic nitrogens is 2. The summed E-state index contributed by atoms with van der Waals surface area (Å²) in [6.45, 7) is 6.24. The number of amides is 1. The molecule has 1 N–H and O–H groups in total. The zero-order chi connectivity index (χ0) is 17.1. The van der Waals surface area contributed by atoms with Crippen LogP contribution in [-0.2, 0) is 11.8 Å². The van der Waals surface area contributed by atoms with Crippen LogP contribution >= 0.6 is 0 Å². The Kier molecular flexibility index (Phi) is 4.85. The summed E-state index contributed by atoms with van der Waals surface area (Å²) in [7, 11) is 1.95. The maximum absolute atomic E-state index is 12.7. The summed E-state index contributed by atoms with van der Waals surface area (Å²) in [5, 5.41) is 3.34. The van der Waals surface area contributed by atoms with Crippen LogP contribution in [0.25, 0.3) is 0 Å². The van der Waals surface area contributed by atoms with Crippen molar-refractivity contribution < 1.29 is 9.53 Å². The van der Waals surface area contributed by atoms with E-state index in [1.54, 1.807) is 6.20 Å². The van der Waals surface area contributed by atoms with Gasteiger partial charge >= 0.3 is 0 Å². The van der Waals surface area contributed by atoms with Gasteiger partial charge in [0.2, 0.25) is 0 Å². The number of nitrogens with one attached hydrogen (secondary N) is 1. The average molecular weight is 328 g/mol. The number of benzene rings is 1. The predicted octanol–water partition coefficient (Wildman–Crippen LogP) is 1.59. The number of aryl methyl sites for hydroxylation is 3. The summed E-state index contributed by atoms with van der Waals surface area (Å²) in [6, 6.07) is 5.91. The van der Waals surface area contributed by atoms with Gasteiger partial charge in [0.25, 0.3) is 5.91 Å². The number of carbonyl (C=O) groups excluding carboxylic acids is 1. The minimum atomic E-state index is -0.0611. The molecule has 1 fully saturated rings. The lowest BCUT2D eigenvalue weighted by Crippen LogP contribution is -2.50. The lowest BCUT2D eigenvalue weighted by molar-refractivity contribution is -0.137. The molecule has 1 aromatic heterocycles. The standard InChI is InChI=1S/C18H24N4O2/c1-13-4-5-16(14(2)10-13)24-12-17(23)22-9-6-19-11-15(22)18-20-7-8-21(18)3/h4-5,7-8,10,15,19H,6,9,11-12H2,1-3H3. The normalized spacial score (nSPS) is 17.8. The van der Waals surface area contributed by atoms with Gasteiger partial charge in [-0.15, -0.1) is 0 Å². The molecule has 1 unspecified atom stereocenters. The number of hydrogen-bond donors (Lipinski definition) is 1. The largest absolute Gasteiger partial charge is 0.483 e. The van der Waals surface area contributed by atoms with Gasteiger partial charge in [0.1, 0.15) is 17.6 Å². The van der Waals surface area contributed by atoms with Gasteiger partial charge in [-0.05, 0) is 25.5 Å². The van der Waals surface area contributed by atoms with Gasteiger partial charge in [-0.25, -0.2) is 4.98 Å². The molecule has 2 aromatic rings. The van der Waals surface area contributed by atoms with Crippen LogP contribution in [0.3, 0.4) is 0 Å². The molecule has 128 valence electrons. The van der Waals surface area contributed by atoms with Crippen LogP contribution in [0.5, 0.6) is 5.75 Å². The molecule has 1 atom stereocenters. The Morgan fingerprint density at radius 2 is 2.25 bits per heavy atom. The number of ether oxygens (including phenoxy) is 1. The smallest absolute Gasteiger partial charge is 0.261 e. The highest BCUT2D eigenvalue weighted by Crippen LogP contribution is 2.22. The van der Waals surface area contributed by atoms with Crippen molar-refractivity contribution in [1.29, 1.82) is 0 Å². The van der Waals surface area contributed by atoms with E-state index in [4.69, 9.17) is 4.74 Å². The number of nitrogens with zero attached hydrogens (tertiary/aromatic N) is 3. The second kappa shape index (κ2) is 7.05. The quantitative estimate of drug-likeness (QED) is 0.926. The van der Waals surface area contributed by atoms with E-state index in [0.717, 1.165) is 23.7 Å². The van der Waals surface area contributed by atoms with Gasteiger partial charge in [0.15, 0.2) is 6.61 Å². The highest BCUT2D eigenvalue weighted by molar-refractivity contribution is 5.78. The SMILES string of the molecule is Cc1ccc(OCC(=O)N2CCNCC2c2nccn2C)c(C)c1. The molecule has 0 radical (unpaired) electrons. The molecule has 6 heteroatoms. The zero-order valence-corrected chi connectivity index (χ0v) is 14.5. The third-order valence-corrected chi connectivity index (χ3v) is 4.40. The van der Waals surface area contributed by atoms with Crippen molar-refractivity contribution in [2.75, 3.05) is 26.2 Å². The molecule has 1 saturated heterocycles. The van der Waals surface area contributed by atoms with E-state index in [1.807, 2.05) is 48.7 Å². The van der Waals surface area contributed by atoms with Gasteiger partial charge in [0.05, 0.1) is 0 Å². The molecule has 0 saturated carbocycles. The Hall–Kier alpha value is -2.34. The summed E-state index contributed by atoms with van der Waals surface area (Å²) < 4.78 is 7.73. The predicted molar refractivity (Wildman–Crippen MR) is 91.9 cm³/mol. The highest BCUT2D eigenvalue weighted by atomic mass is 16.5. The minimum Gasteiger partial charge on any atom is -0.483 e. The first kappa shape index (κ1) is 16.5. The summed E-state index contributed by atoms with van der Waals surface area (Å²) in [4.78, 5) is 19.0. The van der Waals surface area contributed by atoms with E-state index in [2.05, 4.69) is 16.4 Å². The van der Waals surface area contributed by atoms with Crippen molar-refractivity contribution in [3.05, 3.63) is 47.5 Å². The van der Waals surface area contributed by atoms with Gasteiger partial charge in [-0.2, -0.15) is 0 Å². The number of imidazole rings is 1. The summed E-state index contributed by atoms with van der Waals surface area (Å²) in [5.41, 5.74) is 2.23. The zero-order valence-electron chi connectivity index (χ0n) is 14.5. The number of carbonyl (C=O) groups is 1. The lowest BCUT2D eigenvalue weighted by Gasteiger charge is -2.35. The first-order valence-electron chi connectivity index (χ1n) is 8.23. The summed E-state index contributed by atoms with van der Waals surface area (Å²) in [5.74, 6) is 1.64. The van der Waals surface area contributed by atoms with Gasteiger partial charge in [-0.1, -0.05) is 17.7 Å². The van der Waals surface area contributed by atoms with Crippen molar-refractivity contribution in [1.82, 2.24) is 19.8 Å². The van der Waals surface area contributed by atoms with E-state index in [1.165, 1.54) is 5.56 Å². The molecule has 0 bridgehead atoms. The first-order chi connectivity index (χ1) is 11.6. The number of rotatable bonds is 4. The second-order valence-corrected chi connectivity index (χ2v) is 6.26. The van der Waals surface area contributed by atoms with Gasteiger partial charge < -0.3 is 19.5 Å². The highest BCUT2D eigenvalue weighted by Gasteiger charge is 2.30. The third kappa shape index (κ3) is 3.43. The van der Waals surface area contributed by atoms with E-state index < -0.39 is 0 Å². The van der Waals surface area contributed by atoms with Crippen LogP contribution in [0, 0.1) is 13.8 Å². The van der Waals surface area contributed by atoms with Crippen LogP contribution in [-0.4, -0.2) is 46.6 Å². The molecule has 1 aromatic carbocycles. The number of piperazine rings is 1. The van der Waals surface area contributed by atoms with Crippen molar-refractivity contribution >= 4 is 5.91 Å². The van der Waals surface area contributed by atoms with Crippen LogP contribution in [0.1, 0.15) is 23.0 Å². The average Bonchev–Trinajstić information content (AvgIpc) is 2.99. The topological polar surface area (TPSA) is 59.4 Å². The Labute approximate surface area is 142 Å². The molecule has 1 aliphatic rings. The van der Waals surface area contributed by atoms with E-state index in [-0.39, 0.29) is 18.6 Å². The Bertz CT molecular complexity index is 726. The fraction of sp³-hybridized carbons (Fsp3) is 0.444.